The average molecular weight is 332 g/mol. The second-order valence-corrected chi connectivity index (χ2v) is 8.70. The fourth-order valence-corrected chi connectivity index (χ4v) is 4.18. The van der Waals surface area contributed by atoms with Gasteiger partial charge in [-0.05, 0) is 26.2 Å². The molecule has 0 radical (unpaired) electrons. The zero-order chi connectivity index (χ0) is 16.4. The Kier molecular flexibility index (Phi) is 5.50. The maximum absolute atomic E-state index is 12.1. The van der Waals surface area contributed by atoms with Crippen LogP contribution in [0.1, 0.15) is 45.4 Å². The van der Waals surface area contributed by atoms with E-state index in [1.165, 1.54) is 26.3 Å². The smallest absolute Gasteiger partial charge is 0.235 e. The third-order valence-electron chi connectivity index (χ3n) is 5.20. The first-order chi connectivity index (χ1) is 10.3. The Labute approximate surface area is 133 Å². The Balaban J connectivity index is 1.96. The van der Waals surface area contributed by atoms with Crippen molar-refractivity contribution in [3.63, 3.8) is 0 Å². The van der Waals surface area contributed by atoms with Gasteiger partial charge in [-0.3, -0.25) is 4.79 Å². The van der Waals surface area contributed by atoms with Gasteiger partial charge in [0, 0.05) is 25.1 Å². The van der Waals surface area contributed by atoms with Gasteiger partial charge in [-0.15, -0.1) is 0 Å². The van der Waals surface area contributed by atoms with Gasteiger partial charge < -0.3 is 10.1 Å². The molecule has 2 atom stereocenters. The molecule has 0 aromatic rings. The van der Waals surface area contributed by atoms with E-state index in [0.29, 0.717) is 6.61 Å². The van der Waals surface area contributed by atoms with E-state index in [4.69, 9.17) is 4.74 Å². The van der Waals surface area contributed by atoms with Crippen molar-refractivity contribution in [1.29, 1.82) is 0 Å². The summed E-state index contributed by atoms with van der Waals surface area (Å²) in [6.45, 7) is 2.58. The number of likely N-dealkylation sites (N-methyl/N-ethyl adjacent to an activating group) is 1. The molecule has 7 heteroatoms. The van der Waals surface area contributed by atoms with Crippen molar-refractivity contribution in [3.05, 3.63) is 0 Å². The summed E-state index contributed by atoms with van der Waals surface area (Å²) in [6, 6.07) is 0.116. The van der Waals surface area contributed by atoms with E-state index in [0.717, 1.165) is 29.8 Å². The van der Waals surface area contributed by atoms with E-state index in [-0.39, 0.29) is 30.0 Å². The second-order valence-electron chi connectivity index (χ2n) is 6.61. The third kappa shape index (κ3) is 3.63. The number of nitrogens with one attached hydrogen (secondary N) is 1. The average Bonchev–Trinajstić information content (AvgIpc) is 2.46. The van der Waals surface area contributed by atoms with E-state index in [2.05, 4.69) is 5.32 Å². The highest BCUT2D eigenvalue weighted by Crippen LogP contribution is 2.53. The van der Waals surface area contributed by atoms with Crippen LogP contribution >= 0.6 is 0 Å². The molecule has 22 heavy (non-hydrogen) atoms. The third-order valence-corrected chi connectivity index (χ3v) is 6.47. The number of sulfonamides is 1. The van der Waals surface area contributed by atoms with Gasteiger partial charge >= 0.3 is 0 Å². The molecule has 128 valence electrons. The van der Waals surface area contributed by atoms with Crippen molar-refractivity contribution in [3.8, 4) is 0 Å². The molecule has 1 spiro atoms. The van der Waals surface area contributed by atoms with Gasteiger partial charge in [-0.25, -0.2) is 8.42 Å². The van der Waals surface area contributed by atoms with E-state index in [9.17, 15) is 13.2 Å². The topological polar surface area (TPSA) is 75.7 Å². The zero-order valence-electron chi connectivity index (χ0n) is 13.8. The van der Waals surface area contributed by atoms with Gasteiger partial charge in [0.05, 0.1) is 18.9 Å². The van der Waals surface area contributed by atoms with Crippen molar-refractivity contribution in [2.45, 2.75) is 57.6 Å². The Bertz CT molecular complexity index is 500. The molecule has 1 N–H and O–H groups in total. The molecule has 0 aromatic heterocycles. The molecule has 1 amide bonds. The molecular formula is C15H28N2O4S. The molecule has 2 fully saturated rings. The first kappa shape index (κ1) is 17.7. The summed E-state index contributed by atoms with van der Waals surface area (Å²) in [5, 5.41) is 3.04. The highest BCUT2D eigenvalue weighted by molar-refractivity contribution is 7.88. The standard InChI is InChI=1S/C15H28N2O4S/c1-4-21-13-10-12(15(13)8-6-5-7-9-15)16-14(18)11-17(2)22(3,19)20/h12-13H,4-11H2,1-3H3,(H,16,18)/t12-,13-/m0/s1. The fourth-order valence-electron chi connectivity index (χ4n) is 3.83. The molecule has 2 saturated carbocycles. The van der Waals surface area contributed by atoms with Gasteiger partial charge in [0.25, 0.3) is 0 Å². The van der Waals surface area contributed by atoms with E-state index in [1.54, 1.807) is 0 Å². The number of rotatable bonds is 6. The second kappa shape index (κ2) is 6.84. The molecule has 2 rings (SSSR count). The van der Waals surface area contributed by atoms with E-state index < -0.39 is 10.0 Å². The van der Waals surface area contributed by atoms with Crippen molar-refractivity contribution in [2.75, 3.05) is 26.5 Å². The van der Waals surface area contributed by atoms with Crippen LogP contribution in [0.2, 0.25) is 0 Å². The molecular weight excluding hydrogens is 304 g/mol. The number of hydrogen-bond acceptors (Lipinski definition) is 4. The number of carbonyl (C=O) groups is 1. The summed E-state index contributed by atoms with van der Waals surface area (Å²) in [5.41, 5.74) is 0.0631. The first-order valence-corrected chi connectivity index (χ1v) is 9.96. The molecule has 0 aromatic carbocycles. The number of carbonyl (C=O) groups excluding carboxylic acids is 1. The Morgan fingerprint density at radius 3 is 2.50 bits per heavy atom. The maximum Gasteiger partial charge on any atom is 0.235 e. The molecule has 6 nitrogen and oxygen atoms in total. The van der Waals surface area contributed by atoms with E-state index >= 15 is 0 Å². The van der Waals surface area contributed by atoms with Crippen LogP contribution in [-0.2, 0) is 19.6 Å². The van der Waals surface area contributed by atoms with Crippen molar-refractivity contribution in [1.82, 2.24) is 9.62 Å². The van der Waals surface area contributed by atoms with Crippen LogP contribution < -0.4 is 5.32 Å². The Hall–Kier alpha value is -0.660. The van der Waals surface area contributed by atoms with Gasteiger partial charge in [0.2, 0.25) is 15.9 Å². The van der Waals surface area contributed by atoms with Gasteiger partial charge in [0.15, 0.2) is 0 Å². The normalized spacial score (nSPS) is 27.6. The highest BCUT2D eigenvalue weighted by Gasteiger charge is 2.56. The Morgan fingerprint density at radius 1 is 1.32 bits per heavy atom. The van der Waals surface area contributed by atoms with Crippen LogP contribution in [0.15, 0.2) is 0 Å². The summed E-state index contributed by atoms with van der Waals surface area (Å²) in [6.07, 6.45) is 7.96. The predicted octanol–water partition coefficient (Wildman–Crippen LogP) is 1.12. The lowest BCUT2D eigenvalue weighted by molar-refractivity contribution is -0.157. The minimum atomic E-state index is -3.33. The predicted molar refractivity (Wildman–Crippen MR) is 85.0 cm³/mol. The van der Waals surface area contributed by atoms with Crippen LogP contribution in [0.5, 0.6) is 0 Å². The van der Waals surface area contributed by atoms with E-state index in [1.807, 2.05) is 6.92 Å². The molecule has 2 aliphatic rings. The van der Waals surface area contributed by atoms with Crippen LogP contribution in [0.4, 0.5) is 0 Å². The molecule has 0 bridgehead atoms. The quantitative estimate of drug-likeness (QED) is 0.791. The summed E-state index contributed by atoms with van der Waals surface area (Å²) in [4.78, 5) is 12.1. The van der Waals surface area contributed by atoms with Gasteiger partial charge in [-0.1, -0.05) is 19.3 Å². The molecule has 0 aliphatic heterocycles. The maximum atomic E-state index is 12.1. The molecule has 2 aliphatic carbocycles. The molecule has 0 heterocycles. The monoisotopic (exact) mass is 332 g/mol. The number of amides is 1. The number of ether oxygens (including phenoxy) is 1. The van der Waals surface area contributed by atoms with Crippen molar-refractivity contribution in [2.24, 2.45) is 5.41 Å². The lowest BCUT2D eigenvalue weighted by Gasteiger charge is -2.57. The minimum Gasteiger partial charge on any atom is -0.378 e. The Morgan fingerprint density at radius 2 is 1.95 bits per heavy atom. The van der Waals surface area contributed by atoms with Crippen LogP contribution in [0.25, 0.3) is 0 Å². The zero-order valence-corrected chi connectivity index (χ0v) is 14.6. The lowest BCUT2D eigenvalue weighted by atomic mass is 9.55. The minimum absolute atomic E-state index is 0.0631. The number of nitrogens with zero attached hydrogens (tertiary/aromatic N) is 1. The summed E-state index contributed by atoms with van der Waals surface area (Å²) >= 11 is 0. The molecule has 0 unspecified atom stereocenters. The van der Waals surface area contributed by atoms with Crippen LogP contribution in [0.3, 0.4) is 0 Å². The van der Waals surface area contributed by atoms with Gasteiger partial charge in [0.1, 0.15) is 0 Å². The van der Waals surface area contributed by atoms with Crippen molar-refractivity contribution >= 4 is 15.9 Å². The first-order valence-electron chi connectivity index (χ1n) is 8.12. The fraction of sp³-hybridized carbons (Fsp3) is 0.933. The summed E-state index contributed by atoms with van der Waals surface area (Å²) < 4.78 is 29.7. The van der Waals surface area contributed by atoms with Gasteiger partial charge in [-0.2, -0.15) is 4.31 Å². The number of hydrogen-bond donors (Lipinski definition) is 1. The highest BCUT2D eigenvalue weighted by atomic mass is 32.2. The lowest BCUT2D eigenvalue weighted by Crippen LogP contribution is -2.66. The largest absolute Gasteiger partial charge is 0.378 e. The summed E-state index contributed by atoms with van der Waals surface area (Å²) in [7, 11) is -1.90. The van der Waals surface area contributed by atoms with Crippen LogP contribution in [0, 0.1) is 5.41 Å². The molecule has 0 saturated heterocycles. The summed E-state index contributed by atoms with van der Waals surface area (Å²) in [5.74, 6) is -0.224. The van der Waals surface area contributed by atoms with Crippen LogP contribution in [-0.4, -0.2) is 57.2 Å². The van der Waals surface area contributed by atoms with Crippen molar-refractivity contribution < 1.29 is 17.9 Å². The SMILES string of the molecule is CCO[C@H]1C[C@H](NC(=O)CN(C)S(C)(=O)=O)C12CCCCC2.